The van der Waals surface area contributed by atoms with Gasteiger partial charge in [-0.15, -0.1) is 12.4 Å². The van der Waals surface area contributed by atoms with Crippen LogP contribution in [0.5, 0.6) is 0 Å². The minimum Gasteiger partial charge on any atom is -0.341 e. The van der Waals surface area contributed by atoms with Crippen molar-refractivity contribution in [3.05, 3.63) is 30.1 Å². The van der Waals surface area contributed by atoms with Gasteiger partial charge in [0.1, 0.15) is 5.82 Å². The van der Waals surface area contributed by atoms with Crippen LogP contribution in [-0.2, 0) is 14.8 Å². The van der Waals surface area contributed by atoms with Crippen LogP contribution >= 0.6 is 12.4 Å². The highest BCUT2D eigenvalue weighted by Gasteiger charge is 2.36. The Balaban J connectivity index is 0.00000261. The molecule has 0 unspecified atom stereocenters. The zero-order valence-corrected chi connectivity index (χ0v) is 16.9. The highest BCUT2D eigenvalue weighted by Crippen LogP contribution is 2.32. The number of nitrogens with zero attached hydrogens (tertiary/aromatic N) is 2. The minimum absolute atomic E-state index is 0. The molecule has 6 nitrogen and oxygen atoms in total. The summed E-state index contributed by atoms with van der Waals surface area (Å²) in [6.07, 6.45) is 3.48. The molecular formula is C18H27ClFN3O3S. The Bertz CT molecular complexity index is 745. The minimum atomic E-state index is -3.68. The number of benzene rings is 1. The van der Waals surface area contributed by atoms with Crippen molar-refractivity contribution in [2.24, 2.45) is 17.6 Å². The third-order valence-electron chi connectivity index (χ3n) is 5.50. The maximum Gasteiger partial charge on any atom is 0.243 e. The second-order valence-electron chi connectivity index (χ2n) is 7.07. The van der Waals surface area contributed by atoms with E-state index in [0.29, 0.717) is 32.6 Å². The zero-order valence-electron chi connectivity index (χ0n) is 15.2. The van der Waals surface area contributed by atoms with Gasteiger partial charge in [0.2, 0.25) is 15.9 Å². The fourth-order valence-corrected chi connectivity index (χ4v) is 5.46. The molecule has 1 saturated heterocycles. The van der Waals surface area contributed by atoms with Gasteiger partial charge < -0.3 is 10.6 Å². The molecule has 1 amide bonds. The van der Waals surface area contributed by atoms with Crippen molar-refractivity contribution in [3.8, 4) is 0 Å². The zero-order chi connectivity index (χ0) is 18.7. The standard InChI is InChI=1S/C18H26FN3O3S.ClH/c19-15-5-7-16(8-6-15)26(24,25)22-10-2-9-21(11-12-22)18(23)17-4-1-3-14(17)13-20;/h5-8,14,17H,1-4,9-13,20H2;1H/t14-,17-;/m1./s1. The van der Waals surface area contributed by atoms with Gasteiger partial charge in [0, 0.05) is 32.1 Å². The van der Waals surface area contributed by atoms with Crippen LogP contribution in [-0.4, -0.2) is 56.3 Å². The van der Waals surface area contributed by atoms with Crippen LogP contribution in [0.3, 0.4) is 0 Å². The SMILES string of the molecule is Cl.NC[C@H]1CCC[C@H]1C(=O)N1CCCN(S(=O)(=O)c2ccc(F)cc2)CC1. The molecule has 1 aliphatic heterocycles. The third-order valence-corrected chi connectivity index (χ3v) is 7.41. The molecule has 2 aliphatic rings. The average Bonchev–Trinajstić information content (AvgIpc) is 2.96. The van der Waals surface area contributed by atoms with Gasteiger partial charge in [0.15, 0.2) is 0 Å². The van der Waals surface area contributed by atoms with E-state index in [-0.39, 0.29) is 41.6 Å². The number of carbonyl (C=O) groups is 1. The van der Waals surface area contributed by atoms with Crippen LogP contribution < -0.4 is 5.73 Å². The van der Waals surface area contributed by atoms with E-state index in [0.717, 1.165) is 31.4 Å². The topological polar surface area (TPSA) is 83.7 Å². The van der Waals surface area contributed by atoms with Gasteiger partial charge in [-0.05, 0) is 56.0 Å². The van der Waals surface area contributed by atoms with Crippen molar-refractivity contribution in [3.63, 3.8) is 0 Å². The summed E-state index contributed by atoms with van der Waals surface area (Å²) in [5.41, 5.74) is 5.79. The molecule has 2 atom stereocenters. The number of carbonyl (C=O) groups excluding carboxylic acids is 1. The first-order valence-corrected chi connectivity index (χ1v) is 10.6. The van der Waals surface area contributed by atoms with Crippen molar-refractivity contribution < 1.29 is 17.6 Å². The molecule has 27 heavy (non-hydrogen) atoms. The quantitative estimate of drug-likeness (QED) is 0.807. The van der Waals surface area contributed by atoms with Crippen LogP contribution in [0, 0.1) is 17.7 Å². The molecule has 1 saturated carbocycles. The summed E-state index contributed by atoms with van der Waals surface area (Å²) in [7, 11) is -3.68. The molecule has 0 aromatic heterocycles. The van der Waals surface area contributed by atoms with E-state index in [1.54, 1.807) is 4.90 Å². The van der Waals surface area contributed by atoms with Gasteiger partial charge in [0.25, 0.3) is 0 Å². The van der Waals surface area contributed by atoms with Gasteiger partial charge in [-0.1, -0.05) is 6.42 Å². The molecule has 1 aromatic carbocycles. The molecule has 0 bridgehead atoms. The predicted molar refractivity (Wildman–Crippen MR) is 103 cm³/mol. The number of sulfonamides is 1. The number of hydrogen-bond donors (Lipinski definition) is 1. The summed E-state index contributed by atoms with van der Waals surface area (Å²) in [6, 6.07) is 4.85. The fraction of sp³-hybridized carbons (Fsp3) is 0.611. The Morgan fingerprint density at radius 2 is 1.78 bits per heavy atom. The average molecular weight is 420 g/mol. The highest BCUT2D eigenvalue weighted by atomic mass is 35.5. The Morgan fingerprint density at radius 3 is 2.44 bits per heavy atom. The molecule has 2 fully saturated rings. The Morgan fingerprint density at radius 1 is 1.07 bits per heavy atom. The number of halogens is 2. The van der Waals surface area contributed by atoms with Gasteiger partial charge in [-0.2, -0.15) is 4.31 Å². The van der Waals surface area contributed by atoms with Gasteiger partial charge in [0.05, 0.1) is 4.90 Å². The maximum absolute atomic E-state index is 13.1. The van der Waals surface area contributed by atoms with E-state index < -0.39 is 15.8 Å². The predicted octanol–water partition coefficient (Wildman–Crippen LogP) is 1.85. The monoisotopic (exact) mass is 419 g/mol. The largest absolute Gasteiger partial charge is 0.341 e. The Labute approximate surface area is 166 Å². The Hall–Kier alpha value is -1.22. The van der Waals surface area contributed by atoms with Crippen molar-refractivity contribution in [2.45, 2.75) is 30.6 Å². The first-order valence-electron chi connectivity index (χ1n) is 9.18. The number of hydrogen-bond acceptors (Lipinski definition) is 4. The van der Waals surface area contributed by atoms with Crippen molar-refractivity contribution in [1.29, 1.82) is 0 Å². The molecule has 1 heterocycles. The van der Waals surface area contributed by atoms with Crippen molar-refractivity contribution in [2.75, 3.05) is 32.7 Å². The van der Waals surface area contributed by atoms with Gasteiger partial charge in [-0.25, -0.2) is 12.8 Å². The van der Waals surface area contributed by atoms with Crippen LogP contribution in [0.25, 0.3) is 0 Å². The molecule has 1 aromatic rings. The Kier molecular flexibility index (Phi) is 7.62. The molecule has 1 aliphatic carbocycles. The smallest absolute Gasteiger partial charge is 0.243 e. The molecule has 152 valence electrons. The molecule has 0 radical (unpaired) electrons. The highest BCUT2D eigenvalue weighted by molar-refractivity contribution is 7.89. The van der Waals surface area contributed by atoms with Crippen molar-refractivity contribution in [1.82, 2.24) is 9.21 Å². The summed E-state index contributed by atoms with van der Waals surface area (Å²) in [4.78, 5) is 14.7. The van der Waals surface area contributed by atoms with Gasteiger partial charge in [-0.3, -0.25) is 4.79 Å². The number of amides is 1. The molecule has 3 rings (SSSR count). The first-order chi connectivity index (χ1) is 12.4. The van der Waals surface area contributed by atoms with E-state index >= 15 is 0 Å². The molecule has 0 spiro atoms. The lowest BCUT2D eigenvalue weighted by molar-refractivity contribution is -0.136. The van der Waals surface area contributed by atoms with Crippen LogP contribution in [0.4, 0.5) is 4.39 Å². The van der Waals surface area contributed by atoms with E-state index in [1.165, 1.54) is 16.4 Å². The molecular weight excluding hydrogens is 393 g/mol. The maximum atomic E-state index is 13.1. The third kappa shape index (κ3) is 4.80. The van der Waals surface area contributed by atoms with Gasteiger partial charge >= 0.3 is 0 Å². The van der Waals surface area contributed by atoms with Crippen molar-refractivity contribution >= 4 is 28.3 Å². The lowest BCUT2D eigenvalue weighted by Gasteiger charge is -2.27. The molecule has 9 heteroatoms. The summed E-state index contributed by atoms with van der Waals surface area (Å²) in [6.45, 7) is 2.07. The first kappa shape index (κ1) is 22.1. The summed E-state index contributed by atoms with van der Waals surface area (Å²) >= 11 is 0. The van der Waals surface area contributed by atoms with Crippen LogP contribution in [0.2, 0.25) is 0 Å². The lowest BCUT2D eigenvalue weighted by atomic mass is 9.94. The number of nitrogens with two attached hydrogens (primary N) is 1. The van der Waals surface area contributed by atoms with Crippen LogP contribution in [0.1, 0.15) is 25.7 Å². The normalized spacial score (nSPS) is 24.3. The summed E-state index contributed by atoms with van der Waals surface area (Å²) in [5, 5.41) is 0. The van der Waals surface area contributed by atoms with E-state index in [2.05, 4.69) is 0 Å². The fourth-order valence-electron chi connectivity index (χ4n) is 3.99. The molecule has 2 N–H and O–H groups in total. The van der Waals surface area contributed by atoms with Crippen LogP contribution in [0.15, 0.2) is 29.2 Å². The summed E-state index contributed by atoms with van der Waals surface area (Å²) in [5.74, 6) is -0.147. The number of rotatable bonds is 4. The second kappa shape index (κ2) is 9.32. The summed E-state index contributed by atoms with van der Waals surface area (Å²) < 4.78 is 40.0. The second-order valence-corrected chi connectivity index (χ2v) is 9.01. The van der Waals surface area contributed by atoms with E-state index in [9.17, 15) is 17.6 Å². The van der Waals surface area contributed by atoms with E-state index in [4.69, 9.17) is 5.73 Å². The lowest BCUT2D eigenvalue weighted by Crippen LogP contribution is -2.41. The van der Waals surface area contributed by atoms with E-state index in [1.807, 2.05) is 0 Å².